The van der Waals surface area contributed by atoms with E-state index < -0.39 is 15.9 Å². The molecule has 1 rings (SSSR count). The third-order valence-electron chi connectivity index (χ3n) is 2.68. The molecule has 20 heavy (non-hydrogen) atoms. The van der Waals surface area contributed by atoms with Crippen LogP contribution in [0.3, 0.4) is 0 Å². The Labute approximate surface area is 123 Å². The summed E-state index contributed by atoms with van der Waals surface area (Å²) < 4.78 is 26.0. The van der Waals surface area contributed by atoms with Gasteiger partial charge in [-0.2, -0.15) is 4.31 Å². The number of carbonyl (C=O) groups excluding carboxylic acids is 1. The average molecular weight is 320 g/mol. The minimum atomic E-state index is -3.87. The lowest BCUT2D eigenvalue weighted by molar-refractivity contribution is -0.118. The lowest BCUT2D eigenvalue weighted by Gasteiger charge is -2.21. The first-order valence-electron chi connectivity index (χ1n) is 6.12. The van der Waals surface area contributed by atoms with Crippen molar-refractivity contribution in [2.45, 2.75) is 24.7 Å². The lowest BCUT2D eigenvalue weighted by Crippen LogP contribution is -2.39. The van der Waals surface area contributed by atoms with Gasteiger partial charge in [0.25, 0.3) is 0 Å². The number of carbonyl (C=O) groups is 1. The highest BCUT2D eigenvalue weighted by Crippen LogP contribution is 2.25. The standard InChI is InChI=1S/C12H18ClN3O3S/c1-2-3-6-16(8-12(15)17)20(18,19)11-5-4-9(13)7-10(11)14/h4-5,7H,2-3,6,8,14H2,1H3,(H2,15,17). The van der Waals surface area contributed by atoms with Crippen molar-refractivity contribution in [3.8, 4) is 0 Å². The number of anilines is 1. The van der Waals surface area contributed by atoms with Crippen molar-refractivity contribution in [3.05, 3.63) is 23.2 Å². The topological polar surface area (TPSA) is 106 Å². The van der Waals surface area contributed by atoms with Crippen molar-refractivity contribution in [3.63, 3.8) is 0 Å². The van der Waals surface area contributed by atoms with Crippen molar-refractivity contribution in [1.82, 2.24) is 4.31 Å². The van der Waals surface area contributed by atoms with Gasteiger partial charge < -0.3 is 11.5 Å². The molecule has 0 bridgehead atoms. The molecule has 6 nitrogen and oxygen atoms in total. The maximum atomic E-state index is 12.5. The Hall–Kier alpha value is -1.31. The first-order chi connectivity index (χ1) is 9.28. The molecule has 0 aliphatic rings. The molecule has 8 heteroatoms. The summed E-state index contributed by atoms with van der Waals surface area (Å²) in [6.45, 7) is 1.76. The Bertz CT molecular complexity index is 590. The molecule has 0 unspecified atom stereocenters. The zero-order valence-corrected chi connectivity index (χ0v) is 12.7. The van der Waals surface area contributed by atoms with E-state index in [1.165, 1.54) is 18.2 Å². The number of nitrogens with two attached hydrogens (primary N) is 2. The van der Waals surface area contributed by atoms with E-state index in [1.807, 2.05) is 6.92 Å². The van der Waals surface area contributed by atoms with Gasteiger partial charge in [-0.25, -0.2) is 8.42 Å². The summed E-state index contributed by atoms with van der Waals surface area (Å²) >= 11 is 5.75. The highest BCUT2D eigenvalue weighted by atomic mass is 35.5. The second kappa shape index (κ2) is 6.92. The van der Waals surface area contributed by atoms with Crippen LogP contribution in [0, 0.1) is 0 Å². The summed E-state index contributed by atoms with van der Waals surface area (Å²) in [7, 11) is -3.87. The molecule has 0 aromatic heterocycles. The third-order valence-corrected chi connectivity index (χ3v) is 4.84. The number of sulfonamides is 1. The zero-order chi connectivity index (χ0) is 15.3. The maximum Gasteiger partial charge on any atom is 0.245 e. The van der Waals surface area contributed by atoms with Crippen molar-refractivity contribution in [2.24, 2.45) is 5.73 Å². The van der Waals surface area contributed by atoms with Crippen molar-refractivity contribution >= 4 is 33.2 Å². The highest BCUT2D eigenvalue weighted by molar-refractivity contribution is 7.89. The Balaban J connectivity index is 3.17. The number of halogens is 1. The van der Waals surface area contributed by atoms with Crippen molar-refractivity contribution in [1.29, 1.82) is 0 Å². The van der Waals surface area contributed by atoms with E-state index in [0.29, 0.717) is 11.4 Å². The van der Waals surface area contributed by atoms with E-state index >= 15 is 0 Å². The van der Waals surface area contributed by atoms with Gasteiger partial charge >= 0.3 is 0 Å². The zero-order valence-electron chi connectivity index (χ0n) is 11.2. The number of unbranched alkanes of at least 4 members (excludes halogenated alkanes) is 1. The fraction of sp³-hybridized carbons (Fsp3) is 0.417. The summed E-state index contributed by atoms with van der Waals surface area (Å²) in [6.07, 6.45) is 1.42. The number of rotatable bonds is 7. The van der Waals surface area contributed by atoms with Crippen LogP contribution in [0.25, 0.3) is 0 Å². The van der Waals surface area contributed by atoms with E-state index in [9.17, 15) is 13.2 Å². The van der Waals surface area contributed by atoms with Gasteiger partial charge in [0.05, 0.1) is 12.2 Å². The molecule has 1 amide bonds. The van der Waals surface area contributed by atoms with Gasteiger partial charge in [0, 0.05) is 11.6 Å². The van der Waals surface area contributed by atoms with Crippen molar-refractivity contribution in [2.75, 3.05) is 18.8 Å². The predicted octanol–water partition coefficient (Wildman–Crippen LogP) is 1.20. The van der Waals surface area contributed by atoms with Crippen LogP contribution in [0.5, 0.6) is 0 Å². The number of benzene rings is 1. The quantitative estimate of drug-likeness (QED) is 0.736. The molecule has 1 aromatic rings. The van der Waals surface area contributed by atoms with E-state index in [2.05, 4.69) is 0 Å². The van der Waals surface area contributed by atoms with Crippen LogP contribution in [0.15, 0.2) is 23.1 Å². The van der Waals surface area contributed by atoms with Gasteiger partial charge in [-0.3, -0.25) is 4.79 Å². The molecule has 0 atom stereocenters. The molecule has 0 saturated carbocycles. The molecule has 0 aliphatic heterocycles. The summed E-state index contributed by atoms with van der Waals surface area (Å²) in [5.74, 6) is -0.711. The summed E-state index contributed by atoms with van der Waals surface area (Å²) in [5, 5.41) is 0.344. The Morgan fingerprint density at radius 1 is 1.40 bits per heavy atom. The van der Waals surface area contributed by atoms with E-state index in [4.69, 9.17) is 23.1 Å². The van der Waals surface area contributed by atoms with Gasteiger partial charge in [0.1, 0.15) is 4.90 Å². The number of nitrogen functional groups attached to an aromatic ring is 1. The third kappa shape index (κ3) is 4.09. The molecule has 0 saturated heterocycles. The Morgan fingerprint density at radius 3 is 2.55 bits per heavy atom. The molecule has 0 fully saturated rings. The smallest absolute Gasteiger partial charge is 0.245 e. The maximum absolute atomic E-state index is 12.5. The minimum absolute atomic E-state index is 0.0449. The van der Waals surface area contributed by atoms with E-state index in [1.54, 1.807) is 0 Å². The normalized spacial score (nSPS) is 11.8. The largest absolute Gasteiger partial charge is 0.398 e. The molecule has 4 N–H and O–H groups in total. The Morgan fingerprint density at radius 2 is 2.05 bits per heavy atom. The number of nitrogens with zero attached hydrogens (tertiary/aromatic N) is 1. The van der Waals surface area contributed by atoms with E-state index in [-0.39, 0.29) is 23.7 Å². The predicted molar refractivity (Wildman–Crippen MR) is 78.7 cm³/mol. The van der Waals surface area contributed by atoms with Crippen LogP contribution < -0.4 is 11.5 Å². The van der Waals surface area contributed by atoms with Gasteiger partial charge in [-0.15, -0.1) is 0 Å². The van der Waals surface area contributed by atoms with Crippen LogP contribution in [0.4, 0.5) is 5.69 Å². The van der Waals surface area contributed by atoms with Gasteiger partial charge in [-0.05, 0) is 24.6 Å². The summed E-state index contributed by atoms with van der Waals surface area (Å²) in [6, 6.07) is 4.12. The first-order valence-corrected chi connectivity index (χ1v) is 7.94. The molecule has 0 spiro atoms. The SMILES string of the molecule is CCCCN(CC(N)=O)S(=O)(=O)c1ccc(Cl)cc1N. The minimum Gasteiger partial charge on any atom is -0.398 e. The fourth-order valence-corrected chi connectivity index (χ4v) is 3.41. The van der Waals surface area contributed by atoms with Crippen LogP contribution in [0.2, 0.25) is 5.02 Å². The monoisotopic (exact) mass is 319 g/mol. The van der Waals surface area contributed by atoms with Crippen LogP contribution >= 0.6 is 11.6 Å². The number of primary amides is 1. The average Bonchev–Trinajstić information content (AvgIpc) is 2.33. The molecule has 112 valence electrons. The van der Waals surface area contributed by atoms with E-state index in [0.717, 1.165) is 10.7 Å². The van der Waals surface area contributed by atoms with Crippen LogP contribution in [-0.4, -0.2) is 31.7 Å². The lowest BCUT2D eigenvalue weighted by atomic mass is 10.3. The van der Waals surface area contributed by atoms with Gasteiger partial charge in [-0.1, -0.05) is 24.9 Å². The number of hydrogen-bond donors (Lipinski definition) is 2. The molecular weight excluding hydrogens is 302 g/mol. The molecule has 0 heterocycles. The van der Waals surface area contributed by atoms with Crippen LogP contribution in [0.1, 0.15) is 19.8 Å². The molecule has 0 aliphatic carbocycles. The first kappa shape index (κ1) is 16.7. The highest BCUT2D eigenvalue weighted by Gasteiger charge is 2.27. The second-order valence-electron chi connectivity index (χ2n) is 4.34. The molecular formula is C12H18ClN3O3S. The number of amides is 1. The second-order valence-corrected chi connectivity index (χ2v) is 6.68. The number of hydrogen-bond acceptors (Lipinski definition) is 4. The van der Waals surface area contributed by atoms with Crippen molar-refractivity contribution < 1.29 is 13.2 Å². The summed E-state index contributed by atoms with van der Waals surface area (Å²) in [5.41, 5.74) is 10.8. The fourth-order valence-electron chi connectivity index (χ4n) is 1.69. The van der Waals surface area contributed by atoms with Crippen LogP contribution in [-0.2, 0) is 14.8 Å². The summed E-state index contributed by atoms with van der Waals surface area (Å²) in [4.78, 5) is 11.0. The van der Waals surface area contributed by atoms with Gasteiger partial charge in [0.2, 0.25) is 15.9 Å². The Kier molecular flexibility index (Phi) is 5.79. The molecule has 1 aromatic carbocycles. The van der Waals surface area contributed by atoms with Gasteiger partial charge in [0.15, 0.2) is 0 Å². The molecule has 0 radical (unpaired) electrons.